The maximum atomic E-state index is 12.6. The zero-order chi connectivity index (χ0) is 14.8. The third-order valence-electron chi connectivity index (χ3n) is 3.29. The molecule has 21 heavy (non-hydrogen) atoms. The minimum atomic E-state index is -0.110. The number of benzene rings is 1. The summed E-state index contributed by atoms with van der Waals surface area (Å²) in [5.41, 5.74) is 7.55. The molecule has 0 aliphatic carbocycles. The highest BCUT2D eigenvalue weighted by Gasteiger charge is 2.23. The van der Waals surface area contributed by atoms with Gasteiger partial charge in [-0.3, -0.25) is 14.8 Å². The average Bonchev–Trinajstić information content (AvgIpc) is 2.45. The van der Waals surface area contributed by atoms with Gasteiger partial charge in [-0.15, -0.1) is 12.4 Å². The molecule has 0 fully saturated rings. The monoisotopic (exact) mass is 308 g/mol. The summed E-state index contributed by atoms with van der Waals surface area (Å²) in [5.74, 6) is -0.0578. The Kier molecular flexibility index (Phi) is 5.63. The highest BCUT2D eigenvalue weighted by molar-refractivity contribution is 6.04. The van der Waals surface area contributed by atoms with Crippen molar-refractivity contribution in [3.05, 3.63) is 36.2 Å². The SMILES string of the molecule is CN(CC(C)(C)CN)C(=O)c1cccc2nccnc12.Cl. The molecule has 1 heterocycles. The van der Waals surface area contributed by atoms with Crippen molar-refractivity contribution in [2.45, 2.75) is 13.8 Å². The second-order valence-corrected chi connectivity index (χ2v) is 5.76. The number of aromatic nitrogens is 2. The third-order valence-corrected chi connectivity index (χ3v) is 3.29. The number of fused-ring (bicyclic) bond motifs is 1. The first-order chi connectivity index (χ1) is 9.44. The molecule has 114 valence electrons. The van der Waals surface area contributed by atoms with Gasteiger partial charge in [0.05, 0.1) is 11.1 Å². The number of nitrogens with zero attached hydrogens (tertiary/aromatic N) is 3. The first-order valence-electron chi connectivity index (χ1n) is 6.60. The van der Waals surface area contributed by atoms with E-state index in [-0.39, 0.29) is 23.7 Å². The van der Waals surface area contributed by atoms with E-state index in [1.54, 1.807) is 30.4 Å². The number of hydrogen-bond donors (Lipinski definition) is 1. The molecule has 0 aliphatic rings. The van der Waals surface area contributed by atoms with E-state index >= 15 is 0 Å². The van der Waals surface area contributed by atoms with Crippen molar-refractivity contribution < 1.29 is 4.79 Å². The van der Waals surface area contributed by atoms with Gasteiger partial charge in [0, 0.05) is 26.0 Å². The van der Waals surface area contributed by atoms with E-state index in [4.69, 9.17) is 5.73 Å². The van der Waals surface area contributed by atoms with Gasteiger partial charge in [0.25, 0.3) is 5.91 Å². The van der Waals surface area contributed by atoms with Crippen LogP contribution in [0.2, 0.25) is 0 Å². The van der Waals surface area contributed by atoms with Crippen LogP contribution < -0.4 is 5.73 Å². The van der Waals surface area contributed by atoms with Gasteiger partial charge in [-0.1, -0.05) is 19.9 Å². The summed E-state index contributed by atoms with van der Waals surface area (Å²) in [7, 11) is 1.79. The Hall–Kier alpha value is -1.72. The Morgan fingerprint density at radius 1 is 1.29 bits per heavy atom. The molecule has 0 atom stereocenters. The largest absolute Gasteiger partial charge is 0.341 e. The van der Waals surface area contributed by atoms with Gasteiger partial charge in [-0.05, 0) is 24.1 Å². The number of halogens is 1. The van der Waals surface area contributed by atoms with E-state index in [0.29, 0.717) is 24.2 Å². The van der Waals surface area contributed by atoms with Crippen LogP contribution in [0.3, 0.4) is 0 Å². The van der Waals surface area contributed by atoms with Crippen LogP contribution in [0.4, 0.5) is 0 Å². The number of para-hydroxylation sites is 1. The molecule has 0 bridgehead atoms. The van der Waals surface area contributed by atoms with Crippen molar-refractivity contribution in [3.8, 4) is 0 Å². The quantitative estimate of drug-likeness (QED) is 0.939. The van der Waals surface area contributed by atoms with Gasteiger partial charge in [0.2, 0.25) is 0 Å². The molecule has 0 saturated heterocycles. The van der Waals surface area contributed by atoms with Gasteiger partial charge < -0.3 is 10.6 Å². The van der Waals surface area contributed by atoms with E-state index in [9.17, 15) is 4.79 Å². The summed E-state index contributed by atoms with van der Waals surface area (Å²) in [6.45, 7) is 5.21. The normalized spacial score (nSPS) is 11.0. The molecular formula is C15H21ClN4O. The van der Waals surface area contributed by atoms with Crippen LogP contribution in [0, 0.1) is 5.41 Å². The standard InChI is InChI=1S/C15H20N4O.ClH/c1-15(2,9-16)10-19(3)14(20)11-5-4-6-12-13(11)18-8-7-17-12;/h4-8H,9-10,16H2,1-3H3;1H. The van der Waals surface area contributed by atoms with Crippen LogP contribution >= 0.6 is 12.4 Å². The predicted octanol–water partition coefficient (Wildman–Crippen LogP) is 2.11. The molecule has 0 spiro atoms. The van der Waals surface area contributed by atoms with Crippen molar-refractivity contribution in [1.29, 1.82) is 0 Å². The fraction of sp³-hybridized carbons (Fsp3) is 0.400. The molecule has 5 nitrogen and oxygen atoms in total. The lowest BCUT2D eigenvalue weighted by Crippen LogP contribution is -2.39. The third kappa shape index (κ3) is 3.89. The highest BCUT2D eigenvalue weighted by Crippen LogP contribution is 2.19. The molecule has 0 unspecified atom stereocenters. The Morgan fingerprint density at radius 2 is 1.95 bits per heavy atom. The minimum Gasteiger partial charge on any atom is -0.341 e. The maximum absolute atomic E-state index is 12.6. The zero-order valence-electron chi connectivity index (χ0n) is 12.5. The fourth-order valence-electron chi connectivity index (χ4n) is 2.15. The Balaban J connectivity index is 0.00000220. The second kappa shape index (κ2) is 6.83. The van der Waals surface area contributed by atoms with Crippen LogP contribution in [0.1, 0.15) is 24.2 Å². The summed E-state index contributed by atoms with van der Waals surface area (Å²) in [6.07, 6.45) is 3.22. The van der Waals surface area contributed by atoms with E-state index in [1.165, 1.54) is 0 Å². The molecule has 2 N–H and O–H groups in total. The van der Waals surface area contributed by atoms with Gasteiger partial charge in [0.15, 0.2) is 0 Å². The van der Waals surface area contributed by atoms with Crippen molar-refractivity contribution in [3.63, 3.8) is 0 Å². The summed E-state index contributed by atoms with van der Waals surface area (Å²) in [5, 5.41) is 0. The molecule has 2 rings (SSSR count). The first kappa shape index (κ1) is 17.3. The van der Waals surface area contributed by atoms with Gasteiger partial charge >= 0.3 is 0 Å². The minimum absolute atomic E-state index is 0. The lowest BCUT2D eigenvalue weighted by molar-refractivity contribution is 0.0742. The topological polar surface area (TPSA) is 72.1 Å². The van der Waals surface area contributed by atoms with Crippen LogP contribution in [-0.4, -0.2) is 40.9 Å². The van der Waals surface area contributed by atoms with Crippen molar-refractivity contribution >= 4 is 29.3 Å². The van der Waals surface area contributed by atoms with Crippen LogP contribution in [0.15, 0.2) is 30.6 Å². The summed E-state index contributed by atoms with van der Waals surface area (Å²) in [6, 6.07) is 5.46. The summed E-state index contributed by atoms with van der Waals surface area (Å²) >= 11 is 0. The fourth-order valence-corrected chi connectivity index (χ4v) is 2.15. The molecular weight excluding hydrogens is 288 g/mol. The molecule has 1 aromatic heterocycles. The number of rotatable bonds is 4. The maximum Gasteiger partial charge on any atom is 0.255 e. The molecule has 1 aromatic carbocycles. The number of carbonyl (C=O) groups excluding carboxylic acids is 1. The Morgan fingerprint density at radius 3 is 2.62 bits per heavy atom. The summed E-state index contributed by atoms with van der Waals surface area (Å²) < 4.78 is 0. The van der Waals surface area contributed by atoms with Crippen LogP contribution in [-0.2, 0) is 0 Å². The van der Waals surface area contributed by atoms with Crippen LogP contribution in [0.25, 0.3) is 11.0 Å². The number of amides is 1. The lowest BCUT2D eigenvalue weighted by Gasteiger charge is -2.29. The first-order valence-corrected chi connectivity index (χ1v) is 6.60. The molecule has 2 aromatic rings. The van der Waals surface area contributed by atoms with E-state index in [2.05, 4.69) is 9.97 Å². The highest BCUT2D eigenvalue weighted by atomic mass is 35.5. The number of carbonyl (C=O) groups is 1. The summed E-state index contributed by atoms with van der Waals surface area (Å²) in [4.78, 5) is 22.7. The Bertz CT molecular complexity index is 625. The van der Waals surface area contributed by atoms with E-state index in [0.717, 1.165) is 5.52 Å². The molecule has 0 saturated carbocycles. The second-order valence-electron chi connectivity index (χ2n) is 5.76. The smallest absolute Gasteiger partial charge is 0.255 e. The average molecular weight is 309 g/mol. The van der Waals surface area contributed by atoms with Crippen molar-refractivity contribution in [2.24, 2.45) is 11.1 Å². The van der Waals surface area contributed by atoms with E-state index < -0.39 is 0 Å². The molecule has 0 aliphatic heterocycles. The molecule has 6 heteroatoms. The van der Waals surface area contributed by atoms with Crippen molar-refractivity contribution in [1.82, 2.24) is 14.9 Å². The van der Waals surface area contributed by atoms with Gasteiger partial charge in [0.1, 0.15) is 5.52 Å². The molecule has 1 amide bonds. The molecule has 0 radical (unpaired) electrons. The number of nitrogens with two attached hydrogens (primary N) is 1. The number of hydrogen-bond acceptors (Lipinski definition) is 4. The van der Waals surface area contributed by atoms with Crippen molar-refractivity contribution in [2.75, 3.05) is 20.1 Å². The van der Waals surface area contributed by atoms with Crippen LogP contribution in [0.5, 0.6) is 0 Å². The Labute approximate surface area is 131 Å². The lowest BCUT2D eigenvalue weighted by atomic mass is 9.93. The predicted molar refractivity (Wildman–Crippen MR) is 86.6 cm³/mol. The van der Waals surface area contributed by atoms with Gasteiger partial charge in [-0.25, -0.2) is 0 Å². The van der Waals surface area contributed by atoms with E-state index in [1.807, 2.05) is 26.0 Å². The van der Waals surface area contributed by atoms with Gasteiger partial charge in [-0.2, -0.15) is 0 Å². The zero-order valence-corrected chi connectivity index (χ0v) is 13.4.